The minimum Gasteiger partial charge on any atom is -0.320 e. The summed E-state index contributed by atoms with van der Waals surface area (Å²) in [7, 11) is 0. The number of carbonyl (C=O) groups is 1. The van der Waals surface area contributed by atoms with E-state index in [-0.39, 0.29) is 5.91 Å². The molecule has 22 heavy (non-hydrogen) atoms. The molecule has 1 aromatic carbocycles. The van der Waals surface area contributed by atoms with E-state index in [0.717, 1.165) is 30.9 Å². The summed E-state index contributed by atoms with van der Waals surface area (Å²) in [6.07, 6.45) is 0. The van der Waals surface area contributed by atoms with Crippen molar-refractivity contribution in [2.75, 3.05) is 29.9 Å². The summed E-state index contributed by atoms with van der Waals surface area (Å²) in [6.45, 7) is 5.23. The minimum absolute atomic E-state index is 0.143. The Morgan fingerprint density at radius 2 is 2.18 bits per heavy atom. The molecule has 1 fully saturated rings. The fraction of sp³-hybridized carbons (Fsp3) is 0.375. The first-order valence-corrected chi connectivity index (χ1v) is 9.41. The average molecular weight is 333 g/mol. The molecule has 3 rings (SSSR count). The van der Waals surface area contributed by atoms with E-state index in [0.29, 0.717) is 5.69 Å². The molecule has 0 atom stereocenters. The average Bonchev–Trinajstić information content (AvgIpc) is 3.06. The third kappa shape index (κ3) is 3.88. The molecule has 1 N–H and O–H groups in total. The Labute approximate surface area is 138 Å². The largest absolute Gasteiger partial charge is 0.320 e. The number of thioether (sulfide) groups is 1. The molecule has 1 saturated heterocycles. The van der Waals surface area contributed by atoms with Crippen molar-refractivity contribution in [2.45, 2.75) is 13.5 Å². The van der Waals surface area contributed by atoms with Gasteiger partial charge in [0.2, 0.25) is 0 Å². The van der Waals surface area contributed by atoms with Crippen molar-refractivity contribution in [2.24, 2.45) is 0 Å². The lowest BCUT2D eigenvalue weighted by molar-refractivity contribution is 0.102. The zero-order chi connectivity index (χ0) is 15.4. The molecule has 0 radical (unpaired) electrons. The van der Waals surface area contributed by atoms with E-state index >= 15 is 0 Å². The highest BCUT2D eigenvalue weighted by Gasteiger charge is 2.13. The van der Waals surface area contributed by atoms with Crippen LogP contribution in [-0.4, -0.2) is 40.4 Å². The number of rotatable bonds is 4. The molecule has 6 heteroatoms. The lowest BCUT2D eigenvalue weighted by Gasteiger charge is -2.26. The zero-order valence-electron chi connectivity index (χ0n) is 12.5. The van der Waals surface area contributed by atoms with E-state index in [1.807, 2.05) is 18.7 Å². The number of nitrogens with one attached hydrogen (secondary N) is 1. The van der Waals surface area contributed by atoms with Crippen LogP contribution in [0, 0.1) is 6.92 Å². The SMILES string of the molecule is Cc1ccc(CN2CCSCC2)cc1NC(=O)c1cscn1. The van der Waals surface area contributed by atoms with Gasteiger partial charge in [-0.15, -0.1) is 11.3 Å². The summed E-state index contributed by atoms with van der Waals surface area (Å²) in [5.74, 6) is 2.27. The Morgan fingerprint density at radius 3 is 2.91 bits per heavy atom. The van der Waals surface area contributed by atoms with Crippen LogP contribution in [0.3, 0.4) is 0 Å². The van der Waals surface area contributed by atoms with E-state index < -0.39 is 0 Å². The van der Waals surface area contributed by atoms with Crippen molar-refractivity contribution in [3.8, 4) is 0 Å². The van der Waals surface area contributed by atoms with Crippen molar-refractivity contribution in [1.29, 1.82) is 0 Å². The van der Waals surface area contributed by atoms with Gasteiger partial charge in [-0.1, -0.05) is 12.1 Å². The lowest BCUT2D eigenvalue weighted by atomic mass is 10.1. The van der Waals surface area contributed by atoms with Gasteiger partial charge in [0, 0.05) is 42.2 Å². The predicted octanol–water partition coefficient (Wildman–Crippen LogP) is 3.25. The van der Waals surface area contributed by atoms with Crippen LogP contribution in [-0.2, 0) is 6.54 Å². The quantitative estimate of drug-likeness (QED) is 0.933. The van der Waals surface area contributed by atoms with Crippen molar-refractivity contribution in [3.05, 3.63) is 45.9 Å². The Bertz CT molecular complexity index is 637. The van der Waals surface area contributed by atoms with Gasteiger partial charge in [0.15, 0.2) is 0 Å². The molecule has 0 bridgehead atoms. The fourth-order valence-electron chi connectivity index (χ4n) is 2.43. The number of aromatic nitrogens is 1. The molecule has 1 aliphatic heterocycles. The maximum absolute atomic E-state index is 12.1. The van der Waals surface area contributed by atoms with Crippen LogP contribution in [0.5, 0.6) is 0 Å². The first-order chi connectivity index (χ1) is 10.7. The summed E-state index contributed by atoms with van der Waals surface area (Å²) in [4.78, 5) is 18.7. The second-order valence-electron chi connectivity index (χ2n) is 5.37. The predicted molar refractivity (Wildman–Crippen MR) is 93.8 cm³/mol. The van der Waals surface area contributed by atoms with Crippen molar-refractivity contribution < 1.29 is 4.79 Å². The number of carbonyl (C=O) groups excluding carboxylic acids is 1. The topological polar surface area (TPSA) is 45.2 Å². The van der Waals surface area contributed by atoms with Gasteiger partial charge in [0.1, 0.15) is 5.69 Å². The number of hydrogen-bond acceptors (Lipinski definition) is 5. The third-order valence-corrected chi connectivity index (χ3v) is 5.25. The van der Waals surface area contributed by atoms with Gasteiger partial charge in [-0.2, -0.15) is 11.8 Å². The molecule has 0 saturated carbocycles. The van der Waals surface area contributed by atoms with Gasteiger partial charge in [-0.25, -0.2) is 4.98 Å². The van der Waals surface area contributed by atoms with E-state index in [1.165, 1.54) is 28.4 Å². The van der Waals surface area contributed by atoms with Gasteiger partial charge < -0.3 is 5.32 Å². The summed E-state index contributed by atoms with van der Waals surface area (Å²) < 4.78 is 0. The van der Waals surface area contributed by atoms with Crippen LogP contribution < -0.4 is 5.32 Å². The van der Waals surface area contributed by atoms with E-state index in [1.54, 1.807) is 10.9 Å². The molecule has 4 nitrogen and oxygen atoms in total. The molecule has 0 spiro atoms. The van der Waals surface area contributed by atoms with Gasteiger partial charge >= 0.3 is 0 Å². The third-order valence-electron chi connectivity index (χ3n) is 3.73. The fourth-order valence-corrected chi connectivity index (χ4v) is 3.94. The zero-order valence-corrected chi connectivity index (χ0v) is 14.2. The summed E-state index contributed by atoms with van der Waals surface area (Å²) in [5, 5.41) is 4.74. The number of hydrogen-bond donors (Lipinski definition) is 1. The molecular weight excluding hydrogens is 314 g/mol. The molecule has 116 valence electrons. The van der Waals surface area contributed by atoms with Crippen LogP contribution in [0.25, 0.3) is 0 Å². The highest BCUT2D eigenvalue weighted by molar-refractivity contribution is 7.99. The Morgan fingerprint density at radius 1 is 1.36 bits per heavy atom. The molecule has 1 aliphatic rings. The summed E-state index contributed by atoms with van der Waals surface area (Å²) >= 11 is 3.45. The first-order valence-electron chi connectivity index (χ1n) is 7.31. The summed E-state index contributed by atoms with van der Waals surface area (Å²) in [5.41, 5.74) is 5.34. The van der Waals surface area contributed by atoms with Crippen LogP contribution in [0.2, 0.25) is 0 Å². The highest BCUT2D eigenvalue weighted by atomic mass is 32.2. The van der Waals surface area contributed by atoms with E-state index in [2.05, 4.69) is 33.4 Å². The van der Waals surface area contributed by atoms with E-state index in [4.69, 9.17) is 0 Å². The number of aryl methyl sites for hydroxylation is 1. The molecule has 2 heterocycles. The van der Waals surface area contributed by atoms with Gasteiger partial charge in [0.25, 0.3) is 5.91 Å². The van der Waals surface area contributed by atoms with Crippen molar-refractivity contribution in [1.82, 2.24) is 9.88 Å². The Kier molecular flexibility index (Phi) is 5.12. The molecule has 2 aromatic rings. The molecule has 0 unspecified atom stereocenters. The second-order valence-corrected chi connectivity index (χ2v) is 7.31. The van der Waals surface area contributed by atoms with Crippen LogP contribution in [0.15, 0.2) is 29.1 Å². The molecule has 1 aromatic heterocycles. The molecule has 0 aliphatic carbocycles. The van der Waals surface area contributed by atoms with Crippen LogP contribution in [0.1, 0.15) is 21.6 Å². The smallest absolute Gasteiger partial charge is 0.275 e. The number of amides is 1. The number of thiazole rings is 1. The van der Waals surface area contributed by atoms with Crippen molar-refractivity contribution >= 4 is 34.7 Å². The van der Waals surface area contributed by atoms with Gasteiger partial charge in [-0.05, 0) is 24.1 Å². The maximum Gasteiger partial charge on any atom is 0.275 e. The minimum atomic E-state index is -0.143. The van der Waals surface area contributed by atoms with Gasteiger partial charge in [0.05, 0.1) is 5.51 Å². The summed E-state index contributed by atoms with van der Waals surface area (Å²) in [6, 6.07) is 6.31. The number of anilines is 1. The normalized spacial score (nSPS) is 15.7. The van der Waals surface area contributed by atoms with Gasteiger partial charge in [-0.3, -0.25) is 9.69 Å². The van der Waals surface area contributed by atoms with Crippen LogP contribution in [0.4, 0.5) is 5.69 Å². The lowest BCUT2D eigenvalue weighted by Crippen LogP contribution is -2.32. The maximum atomic E-state index is 12.1. The standard InChI is InChI=1S/C16H19N3OS2/c1-12-2-3-13(9-19-4-6-21-7-5-19)8-14(12)18-16(20)15-10-22-11-17-15/h2-3,8,10-11H,4-7,9H2,1H3,(H,18,20). The second kappa shape index (κ2) is 7.26. The number of benzene rings is 1. The Hall–Kier alpha value is -1.37. The van der Waals surface area contributed by atoms with Crippen LogP contribution >= 0.6 is 23.1 Å². The highest BCUT2D eigenvalue weighted by Crippen LogP contribution is 2.20. The van der Waals surface area contributed by atoms with E-state index in [9.17, 15) is 4.79 Å². The van der Waals surface area contributed by atoms with Crippen molar-refractivity contribution in [3.63, 3.8) is 0 Å². The molecular formula is C16H19N3OS2. The number of nitrogens with zero attached hydrogens (tertiary/aromatic N) is 2. The molecule has 1 amide bonds. The first kappa shape index (κ1) is 15.5. The monoisotopic (exact) mass is 333 g/mol. The Balaban J connectivity index is 1.70.